The summed E-state index contributed by atoms with van der Waals surface area (Å²) >= 11 is 12.2. The molecular weight excluding hydrogens is 405 g/mol. The average molecular weight is 424 g/mol. The topological polar surface area (TPSA) is 57.8 Å². The molecule has 1 heterocycles. The number of hydrogen-bond donors (Lipinski definition) is 1. The average Bonchev–Trinajstić information content (AvgIpc) is 2.96. The highest BCUT2D eigenvalue weighted by Crippen LogP contribution is 2.26. The van der Waals surface area contributed by atoms with Gasteiger partial charge in [0.25, 0.3) is 5.91 Å². The Kier molecular flexibility index (Phi) is 6.12. The van der Waals surface area contributed by atoms with Crippen LogP contribution in [0.4, 0.5) is 5.69 Å². The van der Waals surface area contributed by atoms with Crippen molar-refractivity contribution in [1.82, 2.24) is 4.57 Å². The van der Waals surface area contributed by atoms with Gasteiger partial charge in [-0.05, 0) is 74.4 Å². The number of rotatable bonds is 4. The molecule has 146 valence electrons. The van der Waals surface area contributed by atoms with Crippen molar-refractivity contribution in [2.75, 3.05) is 5.32 Å². The predicted molar refractivity (Wildman–Crippen MR) is 119 cm³/mol. The molecule has 3 aromatic rings. The van der Waals surface area contributed by atoms with E-state index in [0.717, 1.165) is 28.2 Å². The molecule has 0 fully saturated rings. The standard InChI is InChI=1S/C23H19Cl2N3O/c1-14-10-17(16(3)28(14)20-7-4-6-19(24)12-20)11-18(13-26)23(29)27-22-9-5-8-21(25)15(22)2/h4-12H,1-3H3,(H,27,29)/b18-11+. The molecule has 0 radical (unpaired) electrons. The molecule has 2 aromatic carbocycles. The Bertz CT molecular complexity index is 1170. The first kappa shape index (κ1) is 20.7. The Morgan fingerprint density at radius 3 is 2.52 bits per heavy atom. The Morgan fingerprint density at radius 1 is 1.10 bits per heavy atom. The maximum Gasteiger partial charge on any atom is 0.266 e. The van der Waals surface area contributed by atoms with Gasteiger partial charge in [-0.2, -0.15) is 5.26 Å². The normalized spacial score (nSPS) is 11.2. The summed E-state index contributed by atoms with van der Waals surface area (Å²) in [5.41, 5.74) is 4.92. The molecule has 0 saturated carbocycles. The van der Waals surface area contributed by atoms with Crippen LogP contribution in [-0.4, -0.2) is 10.5 Å². The SMILES string of the molecule is Cc1c(Cl)cccc1NC(=O)/C(C#N)=C/c1cc(C)n(-c2cccc(Cl)c2)c1C. The van der Waals surface area contributed by atoms with E-state index in [1.807, 2.05) is 61.7 Å². The number of nitrogens with one attached hydrogen (secondary N) is 1. The second kappa shape index (κ2) is 8.57. The summed E-state index contributed by atoms with van der Waals surface area (Å²) in [5.74, 6) is -0.481. The fraction of sp³-hybridized carbons (Fsp3) is 0.130. The molecule has 0 spiro atoms. The fourth-order valence-corrected chi connectivity index (χ4v) is 3.54. The molecular formula is C23H19Cl2N3O. The third kappa shape index (κ3) is 4.37. The highest BCUT2D eigenvalue weighted by atomic mass is 35.5. The van der Waals surface area contributed by atoms with Gasteiger partial charge in [0.15, 0.2) is 0 Å². The van der Waals surface area contributed by atoms with Gasteiger partial charge in [0.2, 0.25) is 0 Å². The van der Waals surface area contributed by atoms with Crippen LogP contribution in [0.2, 0.25) is 10.0 Å². The summed E-state index contributed by atoms with van der Waals surface area (Å²) in [6.07, 6.45) is 1.60. The monoisotopic (exact) mass is 423 g/mol. The van der Waals surface area contributed by atoms with E-state index in [0.29, 0.717) is 15.7 Å². The van der Waals surface area contributed by atoms with Gasteiger partial charge in [-0.25, -0.2) is 0 Å². The molecule has 1 aromatic heterocycles. The van der Waals surface area contributed by atoms with E-state index in [1.54, 1.807) is 24.3 Å². The first-order chi connectivity index (χ1) is 13.8. The third-order valence-corrected chi connectivity index (χ3v) is 5.36. The van der Waals surface area contributed by atoms with E-state index in [4.69, 9.17) is 23.2 Å². The molecule has 0 unspecified atom stereocenters. The molecule has 0 saturated heterocycles. The van der Waals surface area contributed by atoms with Crippen molar-refractivity contribution in [1.29, 1.82) is 5.26 Å². The number of benzene rings is 2. The number of hydrogen-bond acceptors (Lipinski definition) is 2. The molecule has 0 aliphatic heterocycles. The van der Waals surface area contributed by atoms with Crippen molar-refractivity contribution in [2.24, 2.45) is 0 Å². The zero-order valence-corrected chi connectivity index (χ0v) is 17.8. The van der Waals surface area contributed by atoms with Crippen molar-refractivity contribution in [2.45, 2.75) is 20.8 Å². The van der Waals surface area contributed by atoms with Crippen LogP contribution in [0.3, 0.4) is 0 Å². The Morgan fingerprint density at radius 2 is 1.83 bits per heavy atom. The molecule has 29 heavy (non-hydrogen) atoms. The van der Waals surface area contributed by atoms with Crippen LogP contribution >= 0.6 is 23.2 Å². The number of nitrogens with zero attached hydrogens (tertiary/aromatic N) is 2. The minimum Gasteiger partial charge on any atom is -0.321 e. The molecule has 0 bridgehead atoms. The minimum absolute atomic E-state index is 0.00993. The maximum absolute atomic E-state index is 12.7. The quantitative estimate of drug-likeness (QED) is 0.397. The second-order valence-electron chi connectivity index (χ2n) is 6.68. The van der Waals surface area contributed by atoms with Gasteiger partial charge in [-0.3, -0.25) is 4.79 Å². The number of carbonyl (C=O) groups is 1. The van der Waals surface area contributed by atoms with Gasteiger partial charge in [0, 0.05) is 32.8 Å². The zero-order valence-electron chi connectivity index (χ0n) is 16.3. The van der Waals surface area contributed by atoms with Gasteiger partial charge in [0.1, 0.15) is 11.6 Å². The molecule has 0 aliphatic carbocycles. The van der Waals surface area contributed by atoms with Crippen molar-refractivity contribution in [3.05, 3.63) is 86.7 Å². The number of halogens is 2. The van der Waals surface area contributed by atoms with Gasteiger partial charge in [0.05, 0.1) is 0 Å². The van der Waals surface area contributed by atoms with Gasteiger partial charge >= 0.3 is 0 Å². The smallest absolute Gasteiger partial charge is 0.266 e. The zero-order chi connectivity index (χ0) is 21.1. The molecule has 0 atom stereocenters. The van der Waals surface area contributed by atoms with E-state index in [-0.39, 0.29) is 5.57 Å². The van der Waals surface area contributed by atoms with E-state index >= 15 is 0 Å². The first-order valence-corrected chi connectivity index (χ1v) is 9.70. The lowest BCUT2D eigenvalue weighted by Crippen LogP contribution is -2.14. The molecule has 0 aliphatic rings. The summed E-state index contributed by atoms with van der Waals surface area (Å²) in [6.45, 7) is 5.72. The number of aryl methyl sites for hydroxylation is 1. The predicted octanol–water partition coefficient (Wildman–Crippen LogP) is 6.26. The summed E-state index contributed by atoms with van der Waals surface area (Å²) in [7, 11) is 0. The first-order valence-electron chi connectivity index (χ1n) is 8.95. The number of nitriles is 1. The number of carbonyl (C=O) groups excluding carboxylic acids is 1. The van der Waals surface area contributed by atoms with Crippen molar-refractivity contribution < 1.29 is 4.79 Å². The number of aromatic nitrogens is 1. The molecule has 4 nitrogen and oxygen atoms in total. The van der Waals surface area contributed by atoms with Crippen LogP contribution in [0.15, 0.2) is 54.1 Å². The molecule has 6 heteroatoms. The summed E-state index contributed by atoms with van der Waals surface area (Å²) in [5, 5.41) is 13.5. The van der Waals surface area contributed by atoms with Crippen LogP contribution in [0.25, 0.3) is 11.8 Å². The second-order valence-corrected chi connectivity index (χ2v) is 7.52. The van der Waals surface area contributed by atoms with Crippen molar-refractivity contribution in [3.8, 4) is 11.8 Å². The minimum atomic E-state index is -0.481. The van der Waals surface area contributed by atoms with Gasteiger partial charge in [-0.1, -0.05) is 35.3 Å². The van der Waals surface area contributed by atoms with Gasteiger partial charge < -0.3 is 9.88 Å². The van der Waals surface area contributed by atoms with E-state index in [9.17, 15) is 10.1 Å². The van der Waals surface area contributed by atoms with E-state index in [1.165, 1.54) is 0 Å². The van der Waals surface area contributed by atoms with E-state index in [2.05, 4.69) is 5.32 Å². The molecule has 1 N–H and O–H groups in total. The highest BCUT2D eigenvalue weighted by molar-refractivity contribution is 6.32. The largest absolute Gasteiger partial charge is 0.321 e. The fourth-order valence-electron chi connectivity index (χ4n) is 3.18. The van der Waals surface area contributed by atoms with Crippen LogP contribution < -0.4 is 5.32 Å². The number of amides is 1. The van der Waals surface area contributed by atoms with E-state index < -0.39 is 5.91 Å². The van der Waals surface area contributed by atoms with Crippen molar-refractivity contribution >= 4 is 40.9 Å². The Hall–Kier alpha value is -3.00. The lowest BCUT2D eigenvalue weighted by atomic mass is 10.1. The Balaban J connectivity index is 1.96. The summed E-state index contributed by atoms with van der Waals surface area (Å²) < 4.78 is 2.03. The molecule has 1 amide bonds. The summed E-state index contributed by atoms with van der Waals surface area (Å²) in [6, 6.07) is 16.7. The third-order valence-electron chi connectivity index (χ3n) is 4.72. The van der Waals surface area contributed by atoms with Crippen LogP contribution in [-0.2, 0) is 4.79 Å². The Labute approximate surface area is 180 Å². The lowest BCUT2D eigenvalue weighted by molar-refractivity contribution is -0.112. The maximum atomic E-state index is 12.7. The van der Waals surface area contributed by atoms with Crippen LogP contribution in [0, 0.1) is 32.1 Å². The van der Waals surface area contributed by atoms with Gasteiger partial charge in [-0.15, -0.1) is 0 Å². The lowest BCUT2D eigenvalue weighted by Gasteiger charge is -2.10. The number of anilines is 1. The summed E-state index contributed by atoms with van der Waals surface area (Å²) in [4.78, 5) is 12.7. The molecule has 3 rings (SSSR count). The van der Waals surface area contributed by atoms with Crippen molar-refractivity contribution in [3.63, 3.8) is 0 Å². The highest BCUT2D eigenvalue weighted by Gasteiger charge is 2.15. The van der Waals surface area contributed by atoms with Crippen LogP contribution in [0.1, 0.15) is 22.5 Å². The van der Waals surface area contributed by atoms with Crippen LogP contribution in [0.5, 0.6) is 0 Å².